The molecule has 3 rings (SSSR count). The molecule has 0 saturated carbocycles. The Morgan fingerprint density at radius 2 is 1.82 bits per heavy atom. The Labute approximate surface area is 127 Å². The Morgan fingerprint density at radius 3 is 2.45 bits per heavy atom. The van der Waals surface area contributed by atoms with E-state index >= 15 is 0 Å². The number of phenolic OH excluding ortho intramolecular Hbond substituents is 1. The van der Waals surface area contributed by atoms with E-state index in [1.54, 1.807) is 41.2 Å². The largest absolute Gasteiger partial charge is 0.506 e. The van der Waals surface area contributed by atoms with Crippen LogP contribution in [0.4, 0.5) is 5.69 Å². The van der Waals surface area contributed by atoms with Crippen LogP contribution in [0.2, 0.25) is 0 Å². The molecule has 0 aliphatic heterocycles. The van der Waals surface area contributed by atoms with Crippen LogP contribution in [0, 0.1) is 6.92 Å². The summed E-state index contributed by atoms with van der Waals surface area (Å²) in [6.45, 7) is 1.96. The second-order valence-corrected chi connectivity index (χ2v) is 4.90. The maximum Gasteiger partial charge on any atom is 0.255 e. The van der Waals surface area contributed by atoms with Crippen molar-refractivity contribution in [2.45, 2.75) is 6.92 Å². The highest BCUT2D eigenvalue weighted by molar-refractivity contribution is 6.05. The van der Waals surface area contributed by atoms with Gasteiger partial charge < -0.3 is 10.4 Å². The number of anilines is 1. The van der Waals surface area contributed by atoms with Crippen molar-refractivity contribution in [3.8, 4) is 11.4 Å². The van der Waals surface area contributed by atoms with Gasteiger partial charge in [0.15, 0.2) is 0 Å². The fourth-order valence-electron chi connectivity index (χ4n) is 2.17. The first-order chi connectivity index (χ1) is 10.6. The summed E-state index contributed by atoms with van der Waals surface area (Å²) in [4.78, 5) is 12.2. The molecule has 1 amide bonds. The van der Waals surface area contributed by atoms with E-state index in [0.717, 1.165) is 11.4 Å². The number of hydrogen-bond acceptors (Lipinski definition) is 3. The summed E-state index contributed by atoms with van der Waals surface area (Å²) < 4.78 is 1.80. The summed E-state index contributed by atoms with van der Waals surface area (Å²) in [5.74, 6) is -0.232. The molecule has 0 spiro atoms. The number of rotatable bonds is 3. The molecule has 0 aliphatic rings. The van der Waals surface area contributed by atoms with E-state index in [1.807, 2.05) is 25.1 Å². The van der Waals surface area contributed by atoms with Crippen LogP contribution in [-0.4, -0.2) is 20.8 Å². The number of carbonyl (C=O) groups excluding carboxylic acids is 1. The Bertz CT molecular complexity index is 807. The van der Waals surface area contributed by atoms with E-state index in [0.29, 0.717) is 11.3 Å². The molecule has 3 aromatic rings. The van der Waals surface area contributed by atoms with Crippen LogP contribution in [0.15, 0.2) is 60.8 Å². The average molecular weight is 293 g/mol. The van der Waals surface area contributed by atoms with Crippen molar-refractivity contribution in [3.05, 3.63) is 72.1 Å². The van der Waals surface area contributed by atoms with Crippen LogP contribution < -0.4 is 5.32 Å². The smallest absolute Gasteiger partial charge is 0.255 e. The molecule has 110 valence electrons. The summed E-state index contributed by atoms with van der Waals surface area (Å²) in [6, 6.07) is 15.7. The van der Waals surface area contributed by atoms with Gasteiger partial charge in [-0.25, -0.2) is 4.68 Å². The number of hydrogen-bond donors (Lipinski definition) is 2. The maximum absolute atomic E-state index is 12.2. The molecule has 0 aliphatic carbocycles. The molecule has 5 heteroatoms. The van der Waals surface area contributed by atoms with Crippen LogP contribution in [0.5, 0.6) is 5.75 Å². The molecule has 1 heterocycles. The monoisotopic (exact) mass is 293 g/mol. The second-order valence-electron chi connectivity index (χ2n) is 4.90. The van der Waals surface area contributed by atoms with Gasteiger partial charge in [-0.05, 0) is 49.4 Å². The number of para-hydroxylation sites is 2. The van der Waals surface area contributed by atoms with E-state index in [2.05, 4.69) is 10.4 Å². The highest BCUT2D eigenvalue weighted by atomic mass is 16.3. The van der Waals surface area contributed by atoms with Crippen molar-refractivity contribution in [2.24, 2.45) is 0 Å². The van der Waals surface area contributed by atoms with Crippen LogP contribution in [-0.2, 0) is 0 Å². The fraction of sp³-hybridized carbons (Fsp3) is 0.0588. The molecule has 5 nitrogen and oxygen atoms in total. The van der Waals surface area contributed by atoms with E-state index in [-0.39, 0.29) is 11.7 Å². The van der Waals surface area contributed by atoms with Gasteiger partial charge in [-0.3, -0.25) is 4.79 Å². The van der Waals surface area contributed by atoms with E-state index < -0.39 is 0 Å². The zero-order valence-electron chi connectivity index (χ0n) is 12.0. The van der Waals surface area contributed by atoms with Gasteiger partial charge in [0, 0.05) is 17.5 Å². The standard InChI is InChI=1S/C17H15N3O2/c1-12-10-11-18-20(12)14-8-6-13(7-9-14)17(22)19-15-4-2-3-5-16(15)21/h2-11,21H,1H3,(H,19,22). The Hall–Kier alpha value is -3.08. The lowest BCUT2D eigenvalue weighted by molar-refractivity contribution is 0.102. The summed E-state index contributed by atoms with van der Waals surface area (Å²) in [7, 11) is 0. The molecule has 22 heavy (non-hydrogen) atoms. The van der Waals surface area contributed by atoms with Crippen LogP contribution in [0.1, 0.15) is 16.1 Å². The van der Waals surface area contributed by atoms with Gasteiger partial charge in [0.05, 0.1) is 11.4 Å². The van der Waals surface area contributed by atoms with E-state index in [1.165, 1.54) is 6.07 Å². The third-order valence-electron chi connectivity index (χ3n) is 3.36. The Morgan fingerprint density at radius 1 is 1.09 bits per heavy atom. The number of aromatic hydroxyl groups is 1. The lowest BCUT2D eigenvalue weighted by Crippen LogP contribution is -2.12. The second kappa shape index (κ2) is 5.73. The topological polar surface area (TPSA) is 67.2 Å². The van der Waals surface area contributed by atoms with Crippen LogP contribution >= 0.6 is 0 Å². The highest BCUT2D eigenvalue weighted by Gasteiger charge is 2.09. The van der Waals surface area contributed by atoms with Crippen molar-refractivity contribution in [1.29, 1.82) is 0 Å². The molecule has 0 saturated heterocycles. The lowest BCUT2D eigenvalue weighted by Gasteiger charge is -2.08. The first kappa shape index (κ1) is 13.9. The first-order valence-electron chi connectivity index (χ1n) is 6.85. The van der Waals surface area contributed by atoms with Gasteiger partial charge in [0.25, 0.3) is 5.91 Å². The number of aryl methyl sites for hydroxylation is 1. The predicted octanol–water partition coefficient (Wildman–Crippen LogP) is 3.14. The number of nitrogens with one attached hydrogen (secondary N) is 1. The van der Waals surface area contributed by atoms with Gasteiger partial charge in [0.2, 0.25) is 0 Å². The number of aromatic nitrogens is 2. The van der Waals surface area contributed by atoms with Crippen molar-refractivity contribution >= 4 is 11.6 Å². The van der Waals surface area contributed by atoms with E-state index in [9.17, 15) is 9.90 Å². The van der Waals surface area contributed by atoms with Crippen molar-refractivity contribution in [2.75, 3.05) is 5.32 Å². The van der Waals surface area contributed by atoms with E-state index in [4.69, 9.17) is 0 Å². The minimum atomic E-state index is -0.273. The molecule has 0 bridgehead atoms. The molecule has 0 unspecified atom stereocenters. The molecule has 0 radical (unpaired) electrons. The van der Waals surface area contributed by atoms with Gasteiger partial charge >= 0.3 is 0 Å². The number of amides is 1. The highest BCUT2D eigenvalue weighted by Crippen LogP contribution is 2.22. The third kappa shape index (κ3) is 2.69. The zero-order valence-corrected chi connectivity index (χ0v) is 12.0. The van der Waals surface area contributed by atoms with Crippen LogP contribution in [0.25, 0.3) is 5.69 Å². The summed E-state index contributed by atoms with van der Waals surface area (Å²) in [6.07, 6.45) is 1.73. The Balaban J connectivity index is 1.80. The maximum atomic E-state index is 12.2. The van der Waals surface area contributed by atoms with Gasteiger partial charge in [-0.15, -0.1) is 0 Å². The third-order valence-corrected chi connectivity index (χ3v) is 3.36. The molecule has 2 N–H and O–H groups in total. The molecule has 0 fully saturated rings. The molecule has 2 aromatic carbocycles. The minimum Gasteiger partial charge on any atom is -0.506 e. The quantitative estimate of drug-likeness (QED) is 0.729. The van der Waals surface area contributed by atoms with Crippen molar-refractivity contribution < 1.29 is 9.90 Å². The first-order valence-corrected chi connectivity index (χ1v) is 6.85. The normalized spacial score (nSPS) is 10.4. The van der Waals surface area contributed by atoms with Crippen LogP contribution in [0.3, 0.4) is 0 Å². The molecular formula is C17H15N3O2. The summed E-state index contributed by atoms with van der Waals surface area (Å²) >= 11 is 0. The SMILES string of the molecule is Cc1ccnn1-c1ccc(C(=O)Nc2ccccc2O)cc1. The number of benzene rings is 2. The van der Waals surface area contributed by atoms with Crippen molar-refractivity contribution in [1.82, 2.24) is 9.78 Å². The number of nitrogens with zero attached hydrogens (tertiary/aromatic N) is 2. The summed E-state index contributed by atoms with van der Waals surface area (Å²) in [5.41, 5.74) is 2.81. The molecule has 1 aromatic heterocycles. The molecule has 0 atom stereocenters. The number of carbonyl (C=O) groups is 1. The van der Waals surface area contributed by atoms with Gasteiger partial charge in [-0.2, -0.15) is 5.10 Å². The average Bonchev–Trinajstić information content (AvgIpc) is 2.96. The van der Waals surface area contributed by atoms with Gasteiger partial charge in [-0.1, -0.05) is 12.1 Å². The minimum absolute atomic E-state index is 0.0413. The predicted molar refractivity (Wildman–Crippen MR) is 84.4 cm³/mol. The molecular weight excluding hydrogens is 278 g/mol. The summed E-state index contributed by atoms with van der Waals surface area (Å²) in [5, 5.41) is 16.6. The fourth-order valence-corrected chi connectivity index (χ4v) is 2.17. The Kier molecular flexibility index (Phi) is 3.62. The number of phenols is 1. The van der Waals surface area contributed by atoms with Gasteiger partial charge in [0.1, 0.15) is 5.75 Å². The van der Waals surface area contributed by atoms with Crippen molar-refractivity contribution in [3.63, 3.8) is 0 Å². The lowest BCUT2D eigenvalue weighted by atomic mass is 10.2. The zero-order chi connectivity index (χ0) is 15.5.